The van der Waals surface area contributed by atoms with Crippen molar-refractivity contribution in [3.8, 4) is 6.07 Å². The van der Waals surface area contributed by atoms with Crippen LogP contribution in [0.15, 0.2) is 0 Å². The van der Waals surface area contributed by atoms with Crippen molar-refractivity contribution in [2.75, 3.05) is 39.3 Å². The summed E-state index contributed by atoms with van der Waals surface area (Å²) in [5.74, 6) is 0.663. The number of carbonyl (C=O) groups excluding carboxylic acids is 1. The second-order valence-corrected chi connectivity index (χ2v) is 5.64. The first-order chi connectivity index (χ1) is 9.08. The van der Waals surface area contributed by atoms with Gasteiger partial charge < -0.3 is 10.6 Å². The zero-order chi connectivity index (χ0) is 14.3. The summed E-state index contributed by atoms with van der Waals surface area (Å²) in [5.41, 5.74) is 5.73. The lowest BCUT2D eigenvalue weighted by atomic mass is 9.95. The first kappa shape index (κ1) is 15.9. The van der Waals surface area contributed by atoms with Crippen LogP contribution >= 0.6 is 0 Å². The van der Waals surface area contributed by atoms with Crippen LogP contribution in [0.2, 0.25) is 0 Å². The summed E-state index contributed by atoms with van der Waals surface area (Å²) >= 11 is 0. The van der Waals surface area contributed by atoms with E-state index in [1.54, 1.807) is 0 Å². The minimum absolute atomic E-state index is 0.0364. The zero-order valence-corrected chi connectivity index (χ0v) is 12.1. The van der Waals surface area contributed by atoms with Crippen molar-refractivity contribution in [2.24, 2.45) is 17.6 Å². The molecule has 1 fully saturated rings. The largest absolute Gasteiger partial charge is 0.340 e. The first-order valence-electron chi connectivity index (χ1n) is 7.16. The first-order valence-corrected chi connectivity index (χ1v) is 7.16. The lowest BCUT2D eigenvalue weighted by molar-refractivity contribution is -0.137. The van der Waals surface area contributed by atoms with Gasteiger partial charge in [0.15, 0.2) is 0 Å². The second kappa shape index (κ2) is 8.13. The van der Waals surface area contributed by atoms with Crippen LogP contribution in [0.1, 0.15) is 26.7 Å². The van der Waals surface area contributed by atoms with E-state index in [0.717, 1.165) is 39.1 Å². The van der Waals surface area contributed by atoms with Crippen molar-refractivity contribution in [1.82, 2.24) is 9.80 Å². The van der Waals surface area contributed by atoms with Crippen LogP contribution in [-0.4, -0.2) is 55.0 Å². The molecule has 5 heteroatoms. The topological polar surface area (TPSA) is 73.4 Å². The van der Waals surface area contributed by atoms with Gasteiger partial charge in [0.05, 0.1) is 12.0 Å². The Kier molecular flexibility index (Phi) is 6.82. The molecule has 1 atom stereocenters. The van der Waals surface area contributed by atoms with Crippen molar-refractivity contribution in [1.29, 1.82) is 5.26 Å². The summed E-state index contributed by atoms with van der Waals surface area (Å²) in [6.45, 7) is 8.75. The fourth-order valence-electron chi connectivity index (χ4n) is 2.53. The van der Waals surface area contributed by atoms with Gasteiger partial charge in [-0.2, -0.15) is 5.26 Å². The molecule has 1 amide bonds. The maximum Gasteiger partial charge on any atom is 0.227 e. The Labute approximate surface area is 116 Å². The van der Waals surface area contributed by atoms with Gasteiger partial charge in [-0.25, -0.2) is 0 Å². The van der Waals surface area contributed by atoms with Gasteiger partial charge in [-0.15, -0.1) is 0 Å². The molecule has 1 aliphatic heterocycles. The SMILES string of the molecule is CC(C)CC(CN)C(=O)N1CCN(CCC#N)CC1. The zero-order valence-electron chi connectivity index (χ0n) is 12.1. The maximum absolute atomic E-state index is 12.4. The van der Waals surface area contributed by atoms with Gasteiger partial charge in [0.2, 0.25) is 5.91 Å². The Hall–Kier alpha value is -1.12. The molecule has 19 heavy (non-hydrogen) atoms. The second-order valence-electron chi connectivity index (χ2n) is 5.64. The number of carbonyl (C=O) groups is 1. The van der Waals surface area contributed by atoms with Crippen molar-refractivity contribution in [3.05, 3.63) is 0 Å². The number of hydrogen-bond acceptors (Lipinski definition) is 4. The Balaban J connectivity index is 2.41. The number of nitrogens with two attached hydrogens (primary N) is 1. The summed E-state index contributed by atoms with van der Waals surface area (Å²) in [7, 11) is 0. The molecule has 0 saturated carbocycles. The van der Waals surface area contributed by atoms with Crippen LogP contribution in [0.3, 0.4) is 0 Å². The third-order valence-electron chi connectivity index (χ3n) is 3.61. The maximum atomic E-state index is 12.4. The molecule has 0 aliphatic carbocycles. The summed E-state index contributed by atoms with van der Waals surface area (Å²) in [6.07, 6.45) is 1.43. The highest BCUT2D eigenvalue weighted by Crippen LogP contribution is 2.15. The van der Waals surface area contributed by atoms with E-state index >= 15 is 0 Å². The molecule has 1 heterocycles. The standard InChI is InChI=1S/C14H26N4O/c1-12(2)10-13(11-16)14(19)18-8-6-17(7-9-18)5-3-4-15/h12-13H,3,5-11,16H2,1-2H3. The summed E-state index contributed by atoms with van der Waals surface area (Å²) < 4.78 is 0. The highest BCUT2D eigenvalue weighted by Gasteiger charge is 2.26. The number of rotatable bonds is 6. The van der Waals surface area contributed by atoms with Gasteiger partial charge in [0, 0.05) is 45.7 Å². The van der Waals surface area contributed by atoms with Gasteiger partial charge >= 0.3 is 0 Å². The molecular weight excluding hydrogens is 240 g/mol. The van der Waals surface area contributed by atoms with Crippen LogP contribution in [-0.2, 0) is 4.79 Å². The number of amides is 1. The Morgan fingerprint density at radius 2 is 1.95 bits per heavy atom. The summed E-state index contributed by atoms with van der Waals surface area (Å²) in [6, 6.07) is 2.16. The van der Waals surface area contributed by atoms with Crippen LogP contribution in [0, 0.1) is 23.2 Å². The molecule has 0 aromatic heterocycles. The smallest absolute Gasteiger partial charge is 0.227 e. The lowest BCUT2D eigenvalue weighted by Gasteiger charge is -2.36. The number of hydrogen-bond donors (Lipinski definition) is 1. The van der Waals surface area contributed by atoms with Crippen molar-refractivity contribution >= 4 is 5.91 Å². The molecule has 0 spiro atoms. The highest BCUT2D eigenvalue weighted by atomic mass is 16.2. The fourth-order valence-corrected chi connectivity index (χ4v) is 2.53. The van der Waals surface area contributed by atoms with Crippen molar-refractivity contribution < 1.29 is 4.79 Å². The average molecular weight is 266 g/mol. The van der Waals surface area contributed by atoms with E-state index in [1.165, 1.54) is 0 Å². The Morgan fingerprint density at radius 1 is 1.32 bits per heavy atom. The van der Waals surface area contributed by atoms with Crippen LogP contribution < -0.4 is 5.73 Å². The predicted octanol–water partition coefficient (Wildman–Crippen LogP) is 0.665. The van der Waals surface area contributed by atoms with E-state index in [0.29, 0.717) is 18.9 Å². The minimum atomic E-state index is -0.0364. The van der Waals surface area contributed by atoms with E-state index in [-0.39, 0.29) is 11.8 Å². The third kappa shape index (κ3) is 5.17. The molecule has 2 N–H and O–H groups in total. The molecule has 1 unspecified atom stereocenters. The molecule has 1 aliphatic rings. The molecule has 5 nitrogen and oxygen atoms in total. The molecule has 1 saturated heterocycles. The lowest BCUT2D eigenvalue weighted by Crippen LogP contribution is -2.51. The van der Waals surface area contributed by atoms with E-state index in [9.17, 15) is 4.79 Å². The molecule has 0 radical (unpaired) electrons. The number of nitrogens with zero attached hydrogens (tertiary/aromatic N) is 3. The average Bonchev–Trinajstić information content (AvgIpc) is 2.42. The number of piperazine rings is 1. The number of nitriles is 1. The monoisotopic (exact) mass is 266 g/mol. The quantitative estimate of drug-likeness (QED) is 0.766. The molecule has 0 aromatic carbocycles. The third-order valence-corrected chi connectivity index (χ3v) is 3.61. The van der Waals surface area contributed by atoms with Crippen molar-refractivity contribution in [3.63, 3.8) is 0 Å². The van der Waals surface area contributed by atoms with E-state index in [2.05, 4.69) is 24.8 Å². The van der Waals surface area contributed by atoms with Gasteiger partial charge in [-0.05, 0) is 12.3 Å². The summed E-state index contributed by atoms with van der Waals surface area (Å²) in [5, 5.41) is 8.57. The normalized spacial score (nSPS) is 18.4. The van der Waals surface area contributed by atoms with Crippen LogP contribution in [0.5, 0.6) is 0 Å². The Morgan fingerprint density at radius 3 is 2.42 bits per heavy atom. The van der Waals surface area contributed by atoms with E-state index in [4.69, 9.17) is 11.0 Å². The van der Waals surface area contributed by atoms with Gasteiger partial charge in [0.25, 0.3) is 0 Å². The molecule has 0 aromatic rings. The Bertz CT molecular complexity index is 316. The summed E-state index contributed by atoms with van der Waals surface area (Å²) in [4.78, 5) is 16.5. The molecular formula is C14H26N4O. The minimum Gasteiger partial charge on any atom is -0.340 e. The fraction of sp³-hybridized carbons (Fsp3) is 0.857. The highest BCUT2D eigenvalue weighted by molar-refractivity contribution is 5.79. The van der Waals surface area contributed by atoms with Gasteiger partial charge in [-0.1, -0.05) is 13.8 Å². The van der Waals surface area contributed by atoms with Gasteiger partial charge in [-0.3, -0.25) is 9.69 Å². The van der Waals surface area contributed by atoms with Gasteiger partial charge in [0.1, 0.15) is 0 Å². The van der Waals surface area contributed by atoms with E-state index < -0.39 is 0 Å². The van der Waals surface area contributed by atoms with Crippen LogP contribution in [0.25, 0.3) is 0 Å². The molecule has 108 valence electrons. The molecule has 1 rings (SSSR count). The van der Waals surface area contributed by atoms with Crippen molar-refractivity contribution in [2.45, 2.75) is 26.7 Å². The predicted molar refractivity (Wildman–Crippen MR) is 75.2 cm³/mol. The molecule has 0 bridgehead atoms. The van der Waals surface area contributed by atoms with Crippen LogP contribution in [0.4, 0.5) is 0 Å². The van der Waals surface area contributed by atoms with E-state index in [1.807, 2.05) is 4.90 Å².